The van der Waals surface area contributed by atoms with Crippen molar-refractivity contribution in [3.05, 3.63) is 0 Å². The third-order valence-corrected chi connectivity index (χ3v) is 3.63. The number of aliphatic hydroxyl groups is 1. The van der Waals surface area contributed by atoms with Crippen molar-refractivity contribution in [1.29, 1.82) is 0 Å². The van der Waals surface area contributed by atoms with Gasteiger partial charge >= 0.3 is 0 Å². The molecule has 82 valence electrons. The summed E-state index contributed by atoms with van der Waals surface area (Å²) in [6.45, 7) is 5.10. The van der Waals surface area contributed by atoms with Crippen molar-refractivity contribution >= 4 is 0 Å². The number of aliphatic hydroxyl groups excluding tert-OH is 1. The van der Waals surface area contributed by atoms with Crippen LogP contribution in [0.4, 0.5) is 0 Å². The van der Waals surface area contributed by atoms with Gasteiger partial charge in [-0.3, -0.25) is 4.90 Å². The molecule has 2 rings (SSSR count). The van der Waals surface area contributed by atoms with E-state index in [2.05, 4.69) is 10.2 Å². The molecule has 2 fully saturated rings. The second-order valence-corrected chi connectivity index (χ2v) is 4.67. The Morgan fingerprint density at radius 1 is 1.21 bits per heavy atom. The Labute approximate surface area is 86.5 Å². The van der Waals surface area contributed by atoms with Crippen molar-refractivity contribution in [3.63, 3.8) is 0 Å². The SMILES string of the molecule is OC[C@@H]1CCCN(C2CCNCC2)C1. The van der Waals surface area contributed by atoms with E-state index in [4.69, 9.17) is 5.11 Å². The lowest BCUT2D eigenvalue weighted by Crippen LogP contribution is -2.47. The van der Waals surface area contributed by atoms with E-state index in [9.17, 15) is 0 Å². The Morgan fingerprint density at radius 3 is 2.71 bits per heavy atom. The molecule has 2 aliphatic rings. The third kappa shape index (κ3) is 2.47. The summed E-state index contributed by atoms with van der Waals surface area (Å²) in [4.78, 5) is 2.60. The summed E-state index contributed by atoms with van der Waals surface area (Å²) in [5, 5.41) is 12.6. The Bertz CT molecular complexity index is 169. The number of piperidine rings is 2. The van der Waals surface area contributed by atoms with Gasteiger partial charge in [0.2, 0.25) is 0 Å². The van der Waals surface area contributed by atoms with Crippen molar-refractivity contribution in [2.75, 3.05) is 32.8 Å². The summed E-state index contributed by atoms with van der Waals surface area (Å²) in [5.41, 5.74) is 0. The summed E-state index contributed by atoms with van der Waals surface area (Å²) in [5.74, 6) is 0.540. The Morgan fingerprint density at radius 2 is 2.00 bits per heavy atom. The molecule has 0 aromatic carbocycles. The predicted molar refractivity (Wildman–Crippen MR) is 57.3 cm³/mol. The first-order chi connectivity index (χ1) is 6.90. The first-order valence-corrected chi connectivity index (χ1v) is 5.96. The van der Waals surface area contributed by atoms with E-state index in [0.29, 0.717) is 12.5 Å². The first kappa shape index (κ1) is 10.4. The fraction of sp³-hybridized carbons (Fsp3) is 1.00. The van der Waals surface area contributed by atoms with Gasteiger partial charge in [-0.25, -0.2) is 0 Å². The summed E-state index contributed by atoms with van der Waals surface area (Å²) in [7, 11) is 0. The number of hydrogen-bond acceptors (Lipinski definition) is 3. The van der Waals surface area contributed by atoms with Crippen molar-refractivity contribution in [1.82, 2.24) is 10.2 Å². The van der Waals surface area contributed by atoms with Crippen LogP contribution in [0.3, 0.4) is 0 Å². The predicted octanol–water partition coefficient (Wildman–Crippen LogP) is 0.443. The van der Waals surface area contributed by atoms with Gasteiger partial charge < -0.3 is 10.4 Å². The maximum absolute atomic E-state index is 9.17. The van der Waals surface area contributed by atoms with Crippen LogP contribution in [0.15, 0.2) is 0 Å². The normalized spacial score (nSPS) is 31.9. The van der Waals surface area contributed by atoms with Gasteiger partial charge in [-0.1, -0.05) is 0 Å². The Hall–Kier alpha value is -0.120. The van der Waals surface area contributed by atoms with E-state index in [1.807, 2.05) is 0 Å². The van der Waals surface area contributed by atoms with Gasteiger partial charge in [-0.05, 0) is 51.2 Å². The molecule has 1 atom stereocenters. The zero-order valence-electron chi connectivity index (χ0n) is 8.91. The highest BCUT2D eigenvalue weighted by atomic mass is 16.3. The Kier molecular flexibility index (Phi) is 3.79. The number of nitrogens with zero attached hydrogens (tertiary/aromatic N) is 1. The van der Waals surface area contributed by atoms with Crippen LogP contribution in [0.1, 0.15) is 25.7 Å². The number of rotatable bonds is 2. The van der Waals surface area contributed by atoms with Crippen molar-refractivity contribution < 1.29 is 5.11 Å². The van der Waals surface area contributed by atoms with Gasteiger partial charge in [0.05, 0.1) is 0 Å². The lowest BCUT2D eigenvalue weighted by atomic mass is 9.95. The number of likely N-dealkylation sites (tertiary alicyclic amines) is 1. The van der Waals surface area contributed by atoms with Crippen LogP contribution in [0.5, 0.6) is 0 Å². The fourth-order valence-electron chi connectivity index (χ4n) is 2.75. The lowest BCUT2D eigenvalue weighted by molar-refractivity contribution is 0.0751. The molecular weight excluding hydrogens is 176 g/mol. The van der Waals surface area contributed by atoms with E-state index >= 15 is 0 Å². The Balaban J connectivity index is 1.83. The molecule has 0 aliphatic carbocycles. The molecule has 0 saturated carbocycles. The summed E-state index contributed by atoms with van der Waals surface area (Å²) >= 11 is 0. The largest absolute Gasteiger partial charge is 0.396 e. The smallest absolute Gasteiger partial charge is 0.0471 e. The second-order valence-electron chi connectivity index (χ2n) is 4.67. The molecule has 0 aromatic heterocycles. The zero-order chi connectivity index (χ0) is 9.80. The molecule has 3 heteroatoms. The second kappa shape index (κ2) is 5.10. The molecule has 2 N–H and O–H groups in total. The fourth-order valence-corrected chi connectivity index (χ4v) is 2.75. The van der Waals surface area contributed by atoms with Gasteiger partial charge in [0.1, 0.15) is 0 Å². The van der Waals surface area contributed by atoms with Crippen LogP contribution >= 0.6 is 0 Å². The van der Waals surface area contributed by atoms with Crippen LogP contribution in [-0.4, -0.2) is 48.8 Å². The van der Waals surface area contributed by atoms with Crippen LogP contribution in [0, 0.1) is 5.92 Å². The first-order valence-electron chi connectivity index (χ1n) is 5.96. The molecule has 14 heavy (non-hydrogen) atoms. The molecule has 2 saturated heterocycles. The van der Waals surface area contributed by atoms with Gasteiger partial charge in [0, 0.05) is 19.2 Å². The monoisotopic (exact) mass is 198 g/mol. The molecule has 0 spiro atoms. The molecule has 2 heterocycles. The molecule has 0 amide bonds. The quantitative estimate of drug-likeness (QED) is 0.676. The summed E-state index contributed by atoms with van der Waals surface area (Å²) < 4.78 is 0. The molecule has 0 unspecified atom stereocenters. The highest BCUT2D eigenvalue weighted by molar-refractivity contribution is 4.82. The summed E-state index contributed by atoms with van der Waals surface area (Å²) in [6.07, 6.45) is 5.07. The maximum atomic E-state index is 9.17. The highest BCUT2D eigenvalue weighted by Crippen LogP contribution is 2.21. The van der Waals surface area contributed by atoms with Crippen molar-refractivity contribution in [2.24, 2.45) is 5.92 Å². The van der Waals surface area contributed by atoms with Crippen molar-refractivity contribution in [3.8, 4) is 0 Å². The molecule has 0 radical (unpaired) electrons. The molecule has 3 nitrogen and oxygen atoms in total. The van der Waals surface area contributed by atoms with E-state index in [1.165, 1.54) is 45.3 Å². The van der Waals surface area contributed by atoms with Gasteiger partial charge in [-0.2, -0.15) is 0 Å². The van der Waals surface area contributed by atoms with Crippen LogP contribution in [0.2, 0.25) is 0 Å². The average molecular weight is 198 g/mol. The van der Waals surface area contributed by atoms with E-state index in [-0.39, 0.29) is 0 Å². The standard InChI is InChI=1S/C11H22N2O/c14-9-10-2-1-7-13(8-10)11-3-5-12-6-4-11/h10-12,14H,1-9H2/t10-/m1/s1. The third-order valence-electron chi connectivity index (χ3n) is 3.63. The van der Waals surface area contributed by atoms with Crippen LogP contribution < -0.4 is 5.32 Å². The minimum absolute atomic E-state index is 0.376. The number of hydrogen-bond donors (Lipinski definition) is 2. The van der Waals surface area contributed by atoms with Gasteiger partial charge in [0.15, 0.2) is 0 Å². The molecule has 2 aliphatic heterocycles. The van der Waals surface area contributed by atoms with Gasteiger partial charge in [0.25, 0.3) is 0 Å². The molecule has 0 bridgehead atoms. The minimum Gasteiger partial charge on any atom is -0.396 e. The van der Waals surface area contributed by atoms with Crippen LogP contribution in [0.25, 0.3) is 0 Å². The summed E-state index contributed by atoms with van der Waals surface area (Å²) in [6, 6.07) is 0.783. The lowest BCUT2D eigenvalue weighted by Gasteiger charge is -2.39. The maximum Gasteiger partial charge on any atom is 0.0471 e. The van der Waals surface area contributed by atoms with Crippen LogP contribution in [-0.2, 0) is 0 Å². The van der Waals surface area contributed by atoms with Crippen molar-refractivity contribution in [2.45, 2.75) is 31.7 Å². The zero-order valence-corrected chi connectivity index (χ0v) is 8.91. The average Bonchev–Trinajstić information content (AvgIpc) is 2.30. The molecule has 0 aromatic rings. The van der Waals surface area contributed by atoms with E-state index in [0.717, 1.165) is 12.6 Å². The topological polar surface area (TPSA) is 35.5 Å². The minimum atomic E-state index is 0.376. The van der Waals surface area contributed by atoms with E-state index in [1.54, 1.807) is 0 Å². The molecular formula is C11H22N2O. The highest BCUT2D eigenvalue weighted by Gasteiger charge is 2.26. The van der Waals surface area contributed by atoms with Gasteiger partial charge in [-0.15, -0.1) is 0 Å². The number of nitrogens with one attached hydrogen (secondary N) is 1. The van der Waals surface area contributed by atoms with E-state index < -0.39 is 0 Å².